The third-order valence-corrected chi connectivity index (χ3v) is 6.18. The first kappa shape index (κ1) is 29.0. The van der Waals surface area contributed by atoms with Gasteiger partial charge in [0.05, 0.1) is 17.5 Å². The predicted octanol–water partition coefficient (Wildman–Crippen LogP) is 3.30. The van der Waals surface area contributed by atoms with Gasteiger partial charge >= 0.3 is 6.18 Å². The Hall–Kier alpha value is -3.61. The lowest BCUT2D eigenvalue weighted by atomic mass is 10.1. The fourth-order valence-corrected chi connectivity index (χ4v) is 4.25. The number of anilines is 3. The molecule has 0 spiro atoms. The molecule has 1 aliphatic rings. The van der Waals surface area contributed by atoms with E-state index in [0.717, 1.165) is 12.1 Å². The van der Waals surface area contributed by atoms with Crippen LogP contribution in [0.25, 0.3) is 0 Å². The van der Waals surface area contributed by atoms with Crippen LogP contribution in [-0.4, -0.2) is 63.6 Å². The molecule has 1 heterocycles. The highest BCUT2D eigenvalue weighted by Crippen LogP contribution is 2.33. The number of hydrogen-bond donors (Lipinski definition) is 3. The van der Waals surface area contributed by atoms with Crippen molar-refractivity contribution >= 4 is 46.5 Å². The van der Waals surface area contributed by atoms with Gasteiger partial charge < -0.3 is 25.8 Å². The summed E-state index contributed by atoms with van der Waals surface area (Å²) in [6.45, 7) is 4.25. The summed E-state index contributed by atoms with van der Waals surface area (Å²) in [5.74, 6) is -0.567. The van der Waals surface area contributed by atoms with E-state index in [4.69, 9.17) is 18.0 Å². The minimum absolute atomic E-state index is 0.0257. The van der Waals surface area contributed by atoms with Crippen molar-refractivity contribution in [3.05, 3.63) is 53.3 Å². The van der Waals surface area contributed by atoms with Crippen molar-refractivity contribution in [2.45, 2.75) is 19.5 Å². The van der Waals surface area contributed by atoms with E-state index in [1.807, 2.05) is 21.7 Å². The van der Waals surface area contributed by atoms with Crippen LogP contribution in [0.2, 0.25) is 0 Å². The molecule has 0 unspecified atom stereocenters. The standard InChI is InChI=1S/C25H31F4N7OS/c1-17(37)31-7-4-8-34(2)22-15-23(21(26)13-18(22)16-32-33-24(30)38)36-11-9-35(10-12-36)20-6-3-5-19(14-20)25(27,28)29/h3,5-6,13-16H,4,7-12H2,1-2H3,(H,31,37)(H3,30,33,38)/b32-16+. The minimum Gasteiger partial charge on any atom is -0.375 e. The average Bonchev–Trinajstić information content (AvgIpc) is 2.86. The number of amides is 1. The monoisotopic (exact) mass is 553 g/mol. The second kappa shape index (κ2) is 12.8. The zero-order valence-corrected chi connectivity index (χ0v) is 22.0. The van der Waals surface area contributed by atoms with Gasteiger partial charge in [-0.05, 0) is 49.0 Å². The molecule has 38 heavy (non-hydrogen) atoms. The molecule has 0 aliphatic carbocycles. The lowest BCUT2D eigenvalue weighted by Gasteiger charge is -2.38. The molecule has 0 saturated carbocycles. The van der Waals surface area contributed by atoms with E-state index in [1.54, 1.807) is 12.1 Å². The van der Waals surface area contributed by atoms with E-state index in [-0.39, 0.29) is 11.0 Å². The van der Waals surface area contributed by atoms with Crippen molar-refractivity contribution < 1.29 is 22.4 Å². The summed E-state index contributed by atoms with van der Waals surface area (Å²) < 4.78 is 54.7. The van der Waals surface area contributed by atoms with Gasteiger partial charge in [-0.15, -0.1) is 0 Å². The number of nitrogens with one attached hydrogen (secondary N) is 2. The van der Waals surface area contributed by atoms with Gasteiger partial charge in [0.1, 0.15) is 5.82 Å². The molecule has 1 aliphatic heterocycles. The second-order valence-electron chi connectivity index (χ2n) is 8.88. The lowest BCUT2D eigenvalue weighted by Crippen LogP contribution is -2.47. The highest BCUT2D eigenvalue weighted by molar-refractivity contribution is 7.80. The quantitative estimate of drug-likeness (QED) is 0.144. The number of carbonyl (C=O) groups is 1. The first-order chi connectivity index (χ1) is 18.0. The van der Waals surface area contributed by atoms with Crippen molar-refractivity contribution in [2.75, 3.05) is 61.0 Å². The molecule has 1 fully saturated rings. The van der Waals surface area contributed by atoms with Crippen LogP contribution in [0.4, 0.5) is 34.6 Å². The van der Waals surface area contributed by atoms with Crippen LogP contribution in [0, 0.1) is 5.82 Å². The van der Waals surface area contributed by atoms with E-state index in [9.17, 15) is 18.0 Å². The number of nitrogens with zero attached hydrogens (tertiary/aromatic N) is 4. The molecular formula is C25H31F4N7OS. The largest absolute Gasteiger partial charge is 0.416 e. The Labute approximate surface area is 224 Å². The maximum atomic E-state index is 15.3. The van der Waals surface area contributed by atoms with Crippen molar-refractivity contribution in [3.8, 4) is 0 Å². The SMILES string of the molecule is CC(=O)NCCCN(C)c1cc(N2CCN(c3cccc(C(F)(F)F)c3)CC2)c(F)cc1/C=N/NC(N)=S. The Morgan fingerprint density at radius 1 is 1.18 bits per heavy atom. The Morgan fingerprint density at radius 3 is 2.50 bits per heavy atom. The third-order valence-electron chi connectivity index (χ3n) is 6.09. The van der Waals surface area contributed by atoms with Gasteiger partial charge in [-0.2, -0.15) is 18.3 Å². The Bertz CT molecular complexity index is 1170. The number of carbonyl (C=O) groups excluding carboxylic acids is 1. The summed E-state index contributed by atoms with van der Waals surface area (Å²) in [5.41, 5.74) is 9.25. The van der Waals surface area contributed by atoms with E-state index < -0.39 is 17.6 Å². The minimum atomic E-state index is -4.42. The maximum Gasteiger partial charge on any atom is 0.416 e. The predicted molar refractivity (Wildman–Crippen MR) is 146 cm³/mol. The molecule has 206 valence electrons. The maximum absolute atomic E-state index is 15.3. The number of nitrogens with two attached hydrogens (primary N) is 1. The summed E-state index contributed by atoms with van der Waals surface area (Å²) in [6, 6.07) is 8.33. The van der Waals surface area contributed by atoms with Crippen LogP contribution in [-0.2, 0) is 11.0 Å². The van der Waals surface area contributed by atoms with Gasteiger partial charge in [0.15, 0.2) is 5.11 Å². The third kappa shape index (κ3) is 7.94. The first-order valence-electron chi connectivity index (χ1n) is 12.0. The molecule has 3 rings (SSSR count). The summed E-state index contributed by atoms with van der Waals surface area (Å²) in [5, 5.41) is 6.69. The van der Waals surface area contributed by atoms with Crippen molar-refractivity contribution in [2.24, 2.45) is 10.8 Å². The van der Waals surface area contributed by atoms with Gasteiger partial charge in [-0.3, -0.25) is 10.2 Å². The Kier molecular flexibility index (Phi) is 9.72. The molecule has 0 aromatic heterocycles. The number of alkyl halides is 3. The van der Waals surface area contributed by atoms with E-state index in [2.05, 4.69) is 15.8 Å². The number of piperazine rings is 1. The molecule has 4 N–H and O–H groups in total. The summed E-state index contributed by atoms with van der Waals surface area (Å²) in [4.78, 5) is 16.8. The van der Waals surface area contributed by atoms with Gasteiger partial charge in [-0.1, -0.05) is 6.07 Å². The number of rotatable bonds is 9. The second-order valence-corrected chi connectivity index (χ2v) is 9.32. The summed E-state index contributed by atoms with van der Waals surface area (Å²) in [7, 11) is 1.86. The molecule has 0 radical (unpaired) electrons. The van der Waals surface area contributed by atoms with Crippen LogP contribution in [0.15, 0.2) is 41.5 Å². The molecule has 0 atom stereocenters. The average molecular weight is 554 g/mol. The van der Waals surface area contributed by atoms with Crippen LogP contribution in [0.3, 0.4) is 0 Å². The van der Waals surface area contributed by atoms with Gasteiger partial charge in [0.2, 0.25) is 5.91 Å². The highest BCUT2D eigenvalue weighted by atomic mass is 32.1. The molecule has 2 aromatic carbocycles. The van der Waals surface area contributed by atoms with E-state index in [0.29, 0.717) is 68.3 Å². The van der Waals surface area contributed by atoms with Crippen LogP contribution < -0.4 is 31.2 Å². The Balaban J connectivity index is 1.78. The molecule has 13 heteroatoms. The molecule has 8 nitrogen and oxygen atoms in total. The summed E-state index contributed by atoms with van der Waals surface area (Å²) in [6.07, 6.45) is -2.32. The normalized spacial score (nSPS) is 14.1. The molecule has 1 amide bonds. The fourth-order valence-electron chi connectivity index (χ4n) is 4.19. The van der Waals surface area contributed by atoms with Gasteiger partial charge in [0, 0.05) is 70.2 Å². The number of hydrazone groups is 1. The lowest BCUT2D eigenvalue weighted by molar-refractivity contribution is -0.137. The van der Waals surface area contributed by atoms with E-state index in [1.165, 1.54) is 25.3 Å². The fraction of sp³-hybridized carbons (Fsp3) is 0.400. The molecule has 1 saturated heterocycles. The van der Waals surface area contributed by atoms with Crippen molar-refractivity contribution in [1.82, 2.24) is 10.7 Å². The molecular weight excluding hydrogens is 522 g/mol. The van der Waals surface area contributed by atoms with Crippen LogP contribution in [0.5, 0.6) is 0 Å². The van der Waals surface area contributed by atoms with Crippen molar-refractivity contribution in [1.29, 1.82) is 0 Å². The number of halogens is 4. The van der Waals surface area contributed by atoms with Gasteiger partial charge in [0.25, 0.3) is 0 Å². The summed E-state index contributed by atoms with van der Waals surface area (Å²) >= 11 is 4.76. The zero-order valence-electron chi connectivity index (χ0n) is 21.2. The van der Waals surface area contributed by atoms with Gasteiger partial charge in [-0.25, -0.2) is 4.39 Å². The first-order valence-corrected chi connectivity index (χ1v) is 12.4. The van der Waals surface area contributed by atoms with Crippen molar-refractivity contribution in [3.63, 3.8) is 0 Å². The Morgan fingerprint density at radius 2 is 1.87 bits per heavy atom. The number of thiocarbonyl (C=S) groups is 1. The molecule has 0 bridgehead atoms. The van der Waals surface area contributed by atoms with Crippen LogP contribution in [0.1, 0.15) is 24.5 Å². The van der Waals surface area contributed by atoms with Crippen LogP contribution >= 0.6 is 12.2 Å². The van der Waals surface area contributed by atoms with E-state index >= 15 is 4.39 Å². The topological polar surface area (TPSA) is 89.2 Å². The zero-order chi connectivity index (χ0) is 27.9. The number of hydrogen-bond acceptors (Lipinski definition) is 6. The highest BCUT2D eigenvalue weighted by Gasteiger charge is 2.31. The molecule has 2 aromatic rings. The number of benzene rings is 2. The smallest absolute Gasteiger partial charge is 0.375 e.